The molecule has 1 N–H and O–H groups in total. The summed E-state index contributed by atoms with van der Waals surface area (Å²) in [7, 11) is 3.49. The summed E-state index contributed by atoms with van der Waals surface area (Å²) < 4.78 is 5.84. The molecule has 1 aromatic rings. The first kappa shape index (κ1) is 14.3. The summed E-state index contributed by atoms with van der Waals surface area (Å²) >= 11 is 0. The van der Waals surface area contributed by atoms with Crippen LogP contribution in [0, 0.1) is 5.92 Å². The van der Waals surface area contributed by atoms with Gasteiger partial charge in [-0.05, 0) is 43.7 Å². The summed E-state index contributed by atoms with van der Waals surface area (Å²) in [6.45, 7) is 0.829. The number of aromatic nitrogens is 1. The minimum atomic E-state index is -0.0195. The van der Waals surface area contributed by atoms with Crippen molar-refractivity contribution in [3.63, 3.8) is 0 Å². The zero-order valence-electron chi connectivity index (χ0n) is 12.7. The number of carbonyl (C=O) groups excluding carboxylic acids is 1. The highest BCUT2D eigenvalue weighted by Crippen LogP contribution is 2.38. The van der Waals surface area contributed by atoms with E-state index < -0.39 is 0 Å². The van der Waals surface area contributed by atoms with E-state index in [1.807, 2.05) is 12.1 Å². The van der Waals surface area contributed by atoms with Gasteiger partial charge >= 0.3 is 0 Å². The number of nitrogens with one attached hydrogen (secondary N) is 1. The number of rotatable bonds is 4. The van der Waals surface area contributed by atoms with E-state index in [-0.39, 0.29) is 5.91 Å². The van der Waals surface area contributed by atoms with Crippen LogP contribution in [0.4, 0.5) is 5.82 Å². The first-order valence-electron chi connectivity index (χ1n) is 7.69. The topological polar surface area (TPSA) is 54.5 Å². The average molecular weight is 289 g/mol. The second kappa shape index (κ2) is 6.02. The number of hydrogen-bond donors (Lipinski definition) is 1. The van der Waals surface area contributed by atoms with Gasteiger partial charge in [0, 0.05) is 32.9 Å². The van der Waals surface area contributed by atoms with E-state index in [0.29, 0.717) is 17.7 Å². The minimum absolute atomic E-state index is 0.0195. The lowest BCUT2D eigenvalue weighted by atomic mass is 10.00. The Bertz CT molecular complexity index is 497. The van der Waals surface area contributed by atoms with E-state index in [9.17, 15) is 4.79 Å². The highest BCUT2D eigenvalue weighted by atomic mass is 16.5. The van der Waals surface area contributed by atoms with Gasteiger partial charge in [-0.2, -0.15) is 0 Å². The second-order valence-electron chi connectivity index (χ2n) is 6.24. The Kier molecular flexibility index (Phi) is 4.10. The van der Waals surface area contributed by atoms with E-state index >= 15 is 0 Å². The van der Waals surface area contributed by atoms with Crippen LogP contribution in [-0.4, -0.2) is 48.6 Å². The highest BCUT2D eigenvalue weighted by Gasteiger charge is 2.35. The molecule has 2 fully saturated rings. The van der Waals surface area contributed by atoms with Crippen molar-refractivity contribution < 1.29 is 9.53 Å². The lowest BCUT2D eigenvalue weighted by Gasteiger charge is -2.30. The van der Waals surface area contributed by atoms with Crippen molar-refractivity contribution >= 4 is 11.7 Å². The van der Waals surface area contributed by atoms with Crippen LogP contribution in [0.1, 0.15) is 36.0 Å². The third-order valence-electron chi connectivity index (χ3n) is 4.23. The van der Waals surface area contributed by atoms with Crippen LogP contribution in [0.15, 0.2) is 18.3 Å². The molecule has 0 bridgehead atoms. The highest BCUT2D eigenvalue weighted by molar-refractivity contribution is 5.93. The van der Waals surface area contributed by atoms with E-state index in [0.717, 1.165) is 31.2 Å². The fraction of sp³-hybridized carbons (Fsp3) is 0.625. The third-order valence-corrected chi connectivity index (χ3v) is 4.23. The molecule has 1 saturated carbocycles. The maximum atomic E-state index is 11.8. The van der Waals surface area contributed by atoms with Crippen molar-refractivity contribution in [2.75, 3.05) is 26.0 Å². The molecule has 1 aliphatic carbocycles. The monoisotopic (exact) mass is 289 g/mol. The molecule has 3 rings (SSSR count). The number of anilines is 1. The van der Waals surface area contributed by atoms with Crippen molar-refractivity contribution in [3.8, 4) is 0 Å². The summed E-state index contributed by atoms with van der Waals surface area (Å²) in [4.78, 5) is 17.7. The van der Waals surface area contributed by atoms with Gasteiger partial charge in [-0.25, -0.2) is 4.98 Å². The third kappa shape index (κ3) is 3.53. The molecule has 1 saturated heterocycles. The first-order chi connectivity index (χ1) is 10.1. The molecule has 21 heavy (non-hydrogen) atoms. The predicted molar refractivity (Wildman–Crippen MR) is 81.4 cm³/mol. The van der Waals surface area contributed by atoms with Crippen molar-refractivity contribution in [2.45, 2.75) is 37.8 Å². The van der Waals surface area contributed by atoms with Gasteiger partial charge in [-0.15, -0.1) is 0 Å². The van der Waals surface area contributed by atoms with Gasteiger partial charge in [-0.3, -0.25) is 4.79 Å². The van der Waals surface area contributed by atoms with Crippen molar-refractivity contribution in [1.82, 2.24) is 9.88 Å². The Hall–Kier alpha value is -1.62. The first-order valence-corrected chi connectivity index (χ1v) is 7.69. The number of ether oxygens (including phenoxy) is 1. The molecule has 5 nitrogen and oxygen atoms in total. The normalized spacial score (nSPS) is 25.4. The summed E-state index contributed by atoms with van der Waals surface area (Å²) in [5, 5.41) is 3.47. The van der Waals surface area contributed by atoms with E-state index in [2.05, 4.69) is 10.3 Å². The zero-order valence-corrected chi connectivity index (χ0v) is 12.7. The smallest absolute Gasteiger partial charge is 0.254 e. The largest absolute Gasteiger partial charge is 0.378 e. The molecule has 2 atom stereocenters. The van der Waals surface area contributed by atoms with Crippen LogP contribution in [0.2, 0.25) is 0 Å². The minimum Gasteiger partial charge on any atom is -0.378 e. The van der Waals surface area contributed by atoms with Crippen molar-refractivity contribution in [2.24, 2.45) is 5.92 Å². The molecule has 2 heterocycles. The molecule has 1 aromatic heterocycles. The lowest BCUT2D eigenvalue weighted by Crippen LogP contribution is -2.35. The Morgan fingerprint density at radius 1 is 1.33 bits per heavy atom. The van der Waals surface area contributed by atoms with Gasteiger partial charge in [0.25, 0.3) is 5.91 Å². The number of carbonyl (C=O) groups is 1. The van der Waals surface area contributed by atoms with Gasteiger partial charge in [0.15, 0.2) is 0 Å². The molecular formula is C16H23N3O2. The van der Waals surface area contributed by atoms with Crippen LogP contribution >= 0.6 is 0 Å². The quantitative estimate of drug-likeness (QED) is 0.923. The summed E-state index contributed by atoms with van der Waals surface area (Å²) in [6, 6.07) is 4.14. The molecule has 2 unspecified atom stereocenters. The van der Waals surface area contributed by atoms with Gasteiger partial charge < -0.3 is 15.0 Å². The fourth-order valence-electron chi connectivity index (χ4n) is 2.83. The molecule has 1 aliphatic heterocycles. The Morgan fingerprint density at radius 3 is 2.76 bits per heavy atom. The molecule has 0 spiro atoms. The van der Waals surface area contributed by atoms with Gasteiger partial charge in [0.05, 0.1) is 11.7 Å². The van der Waals surface area contributed by atoms with Crippen molar-refractivity contribution in [1.29, 1.82) is 0 Å². The Morgan fingerprint density at radius 2 is 2.14 bits per heavy atom. The van der Waals surface area contributed by atoms with Crippen LogP contribution in [0.5, 0.6) is 0 Å². The summed E-state index contributed by atoms with van der Waals surface area (Å²) in [5.74, 6) is 1.60. The van der Waals surface area contributed by atoms with Crippen LogP contribution in [0.3, 0.4) is 0 Å². The van der Waals surface area contributed by atoms with E-state index in [1.165, 1.54) is 12.8 Å². The van der Waals surface area contributed by atoms with Gasteiger partial charge in [0.1, 0.15) is 5.82 Å². The Balaban J connectivity index is 1.58. The second-order valence-corrected chi connectivity index (χ2v) is 6.24. The number of pyridine rings is 1. The van der Waals surface area contributed by atoms with E-state index in [4.69, 9.17) is 4.74 Å². The predicted octanol–water partition coefficient (Wildman–Crippen LogP) is 2.15. The van der Waals surface area contributed by atoms with Crippen molar-refractivity contribution in [3.05, 3.63) is 23.9 Å². The lowest BCUT2D eigenvalue weighted by molar-refractivity contribution is -0.00223. The van der Waals surface area contributed by atoms with E-state index in [1.54, 1.807) is 25.2 Å². The number of hydrogen-bond acceptors (Lipinski definition) is 4. The zero-order chi connectivity index (χ0) is 14.8. The fourth-order valence-corrected chi connectivity index (χ4v) is 2.83. The number of nitrogens with zero attached hydrogens (tertiary/aromatic N) is 2. The summed E-state index contributed by atoms with van der Waals surface area (Å²) in [6.07, 6.45) is 6.77. The molecule has 0 aromatic carbocycles. The standard InChI is InChI=1S/C16H23N3O2/c1-19(2)16(20)12-5-6-15(17-10-12)18-13-7-8-21-14(9-13)11-3-4-11/h5-6,10-11,13-14H,3-4,7-9H2,1-2H3,(H,17,18). The molecule has 0 radical (unpaired) electrons. The average Bonchev–Trinajstić information content (AvgIpc) is 3.32. The van der Waals surface area contributed by atoms with Gasteiger partial charge in [0.2, 0.25) is 0 Å². The maximum absolute atomic E-state index is 11.8. The number of amides is 1. The SMILES string of the molecule is CN(C)C(=O)c1ccc(NC2CCOC(C3CC3)C2)nc1. The van der Waals surface area contributed by atoms with Crippen LogP contribution in [-0.2, 0) is 4.74 Å². The maximum Gasteiger partial charge on any atom is 0.254 e. The molecular weight excluding hydrogens is 266 g/mol. The molecule has 2 aliphatic rings. The summed E-state index contributed by atoms with van der Waals surface area (Å²) in [5.41, 5.74) is 0.619. The van der Waals surface area contributed by atoms with Gasteiger partial charge in [-0.1, -0.05) is 0 Å². The molecule has 1 amide bonds. The molecule has 114 valence electrons. The Labute approximate surface area is 125 Å². The molecule has 5 heteroatoms. The van der Waals surface area contributed by atoms with Crippen LogP contribution in [0.25, 0.3) is 0 Å². The van der Waals surface area contributed by atoms with Crippen LogP contribution < -0.4 is 5.32 Å².